The van der Waals surface area contributed by atoms with Crippen LogP contribution in [-0.2, 0) is 0 Å². The van der Waals surface area contributed by atoms with Crippen LogP contribution in [0.2, 0.25) is 0 Å². The van der Waals surface area contributed by atoms with Crippen LogP contribution in [-0.4, -0.2) is 12.1 Å². The van der Waals surface area contributed by atoms with Crippen molar-refractivity contribution in [1.29, 1.82) is 0 Å². The van der Waals surface area contributed by atoms with E-state index in [2.05, 4.69) is 149 Å². The van der Waals surface area contributed by atoms with E-state index < -0.39 is 0 Å². The third kappa shape index (κ3) is 7.40. The van der Waals surface area contributed by atoms with Gasteiger partial charge in [0.25, 0.3) is 0 Å². The van der Waals surface area contributed by atoms with E-state index >= 15 is 0 Å². The summed E-state index contributed by atoms with van der Waals surface area (Å²) in [6.07, 6.45) is 0. The van der Waals surface area contributed by atoms with Crippen molar-refractivity contribution in [3.8, 4) is 0 Å². The lowest BCUT2D eigenvalue weighted by Crippen LogP contribution is -2.29. The highest BCUT2D eigenvalue weighted by molar-refractivity contribution is 5.34. The molecule has 36 heavy (non-hydrogen) atoms. The molecule has 0 saturated heterocycles. The first-order valence-corrected chi connectivity index (χ1v) is 13.1. The van der Waals surface area contributed by atoms with E-state index in [1.54, 1.807) is 0 Å². The van der Waals surface area contributed by atoms with Crippen molar-refractivity contribution in [3.05, 3.63) is 144 Å². The molecular weight excluding hydrogens is 436 g/mol. The van der Waals surface area contributed by atoms with Crippen LogP contribution in [0.5, 0.6) is 0 Å². The second-order valence-corrected chi connectivity index (χ2v) is 10.0. The van der Waals surface area contributed by atoms with E-state index in [0.29, 0.717) is 23.7 Å². The number of benzene rings is 4. The van der Waals surface area contributed by atoms with Crippen LogP contribution < -0.4 is 11.5 Å². The third-order valence-electron chi connectivity index (χ3n) is 7.35. The average molecular weight is 479 g/mol. The minimum Gasteiger partial charge on any atom is -0.328 e. The van der Waals surface area contributed by atoms with Gasteiger partial charge in [-0.15, -0.1) is 0 Å². The predicted molar refractivity (Wildman–Crippen MR) is 155 cm³/mol. The van der Waals surface area contributed by atoms with Crippen LogP contribution in [0.4, 0.5) is 0 Å². The summed E-state index contributed by atoms with van der Waals surface area (Å²) in [5, 5.41) is 0. The molecule has 0 aliphatic rings. The first kappa shape index (κ1) is 27.4. The van der Waals surface area contributed by atoms with Crippen molar-refractivity contribution in [2.24, 2.45) is 23.3 Å². The molecule has 188 valence electrons. The molecule has 0 aliphatic heterocycles. The second kappa shape index (κ2) is 13.8. The molecule has 4 rings (SSSR count). The Bertz CT molecular complexity index is 937. The van der Waals surface area contributed by atoms with Gasteiger partial charge < -0.3 is 11.5 Å². The van der Waals surface area contributed by atoms with Gasteiger partial charge in [0, 0.05) is 23.9 Å². The van der Waals surface area contributed by atoms with E-state index in [9.17, 15) is 0 Å². The molecule has 4 aromatic carbocycles. The van der Waals surface area contributed by atoms with Crippen molar-refractivity contribution in [3.63, 3.8) is 0 Å². The molecule has 4 N–H and O–H groups in total. The molecule has 2 nitrogen and oxygen atoms in total. The quantitative estimate of drug-likeness (QED) is 0.274. The number of hydrogen-bond donors (Lipinski definition) is 2. The summed E-state index contributed by atoms with van der Waals surface area (Å²) >= 11 is 0. The average Bonchev–Trinajstić information content (AvgIpc) is 2.91. The maximum atomic E-state index is 6.11. The van der Waals surface area contributed by atoms with Crippen LogP contribution in [0.25, 0.3) is 0 Å². The summed E-state index contributed by atoms with van der Waals surface area (Å²) in [7, 11) is 0. The highest BCUT2D eigenvalue weighted by Gasteiger charge is 2.24. The van der Waals surface area contributed by atoms with E-state index in [-0.39, 0.29) is 12.1 Å². The zero-order valence-corrected chi connectivity index (χ0v) is 22.2. The fourth-order valence-corrected chi connectivity index (χ4v) is 4.85. The molecule has 0 aliphatic carbocycles. The van der Waals surface area contributed by atoms with Crippen LogP contribution in [0.3, 0.4) is 0 Å². The summed E-state index contributed by atoms with van der Waals surface area (Å²) in [6, 6.07) is 42.9. The van der Waals surface area contributed by atoms with Crippen LogP contribution >= 0.6 is 0 Å². The summed E-state index contributed by atoms with van der Waals surface area (Å²) in [5.74, 6) is 1.56. The van der Waals surface area contributed by atoms with E-state index in [4.69, 9.17) is 11.5 Å². The lowest BCUT2D eigenvalue weighted by atomic mass is 9.79. The zero-order valence-electron chi connectivity index (χ0n) is 22.2. The molecule has 0 spiro atoms. The van der Waals surface area contributed by atoms with Gasteiger partial charge in [-0.3, -0.25) is 0 Å². The Morgan fingerprint density at radius 3 is 0.722 bits per heavy atom. The van der Waals surface area contributed by atoms with Gasteiger partial charge in [-0.2, -0.15) is 0 Å². The second-order valence-electron chi connectivity index (χ2n) is 10.0. The van der Waals surface area contributed by atoms with Crippen molar-refractivity contribution < 1.29 is 0 Å². The fraction of sp³-hybridized carbons (Fsp3) is 0.294. The third-order valence-corrected chi connectivity index (χ3v) is 7.35. The summed E-state index contributed by atoms with van der Waals surface area (Å²) in [6.45, 7) is 8.64. The van der Waals surface area contributed by atoms with Crippen LogP contribution in [0, 0.1) is 11.8 Å². The smallest absolute Gasteiger partial charge is 0.0130 e. The van der Waals surface area contributed by atoms with Gasteiger partial charge >= 0.3 is 0 Å². The van der Waals surface area contributed by atoms with Crippen LogP contribution in [0.1, 0.15) is 61.8 Å². The molecule has 2 heteroatoms. The van der Waals surface area contributed by atoms with Crippen molar-refractivity contribution >= 4 is 0 Å². The molecule has 0 radical (unpaired) electrons. The van der Waals surface area contributed by atoms with Gasteiger partial charge in [0.2, 0.25) is 0 Å². The molecule has 0 heterocycles. The highest BCUT2D eigenvalue weighted by Crippen LogP contribution is 2.34. The van der Waals surface area contributed by atoms with Gasteiger partial charge in [0.1, 0.15) is 0 Å². The molecule has 0 aromatic heterocycles. The maximum Gasteiger partial charge on any atom is 0.0130 e. The van der Waals surface area contributed by atoms with E-state index in [1.807, 2.05) is 0 Å². The summed E-state index contributed by atoms with van der Waals surface area (Å²) in [5.41, 5.74) is 17.6. The van der Waals surface area contributed by atoms with Crippen molar-refractivity contribution in [1.82, 2.24) is 0 Å². The first-order chi connectivity index (χ1) is 17.4. The SMILES string of the molecule is C[C@H](C(c1ccccc1)c1ccccc1)[C@@H](C)N.C[C@H](N)[C@@H](C)C(c1ccccc1)c1ccccc1. The Hall–Kier alpha value is -3.20. The Morgan fingerprint density at radius 2 is 0.556 bits per heavy atom. The Balaban J connectivity index is 0.000000201. The van der Waals surface area contributed by atoms with E-state index in [1.165, 1.54) is 22.3 Å². The summed E-state index contributed by atoms with van der Waals surface area (Å²) in [4.78, 5) is 0. The molecule has 0 unspecified atom stereocenters. The Labute approximate surface area is 218 Å². The number of hydrogen-bond acceptors (Lipinski definition) is 2. The molecule has 4 aromatic rings. The largest absolute Gasteiger partial charge is 0.328 e. The number of rotatable bonds is 8. The van der Waals surface area contributed by atoms with Gasteiger partial charge in [0.05, 0.1) is 0 Å². The lowest BCUT2D eigenvalue weighted by molar-refractivity contribution is 0.434. The number of nitrogens with two attached hydrogens (primary N) is 2. The molecule has 0 bridgehead atoms. The molecule has 4 atom stereocenters. The minimum atomic E-state index is 0.176. The van der Waals surface area contributed by atoms with Gasteiger partial charge in [-0.05, 0) is 47.9 Å². The van der Waals surface area contributed by atoms with Crippen molar-refractivity contribution in [2.75, 3.05) is 0 Å². The van der Waals surface area contributed by atoms with Crippen LogP contribution in [0.15, 0.2) is 121 Å². The Kier molecular flexibility index (Phi) is 10.5. The molecule has 0 saturated carbocycles. The van der Waals surface area contributed by atoms with E-state index in [0.717, 1.165) is 0 Å². The Morgan fingerprint density at radius 1 is 0.361 bits per heavy atom. The molecule has 0 amide bonds. The van der Waals surface area contributed by atoms with Gasteiger partial charge in [0.15, 0.2) is 0 Å². The minimum absolute atomic E-state index is 0.176. The lowest BCUT2D eigenvalue weighted by Gasteiger charge is -2.28. The normalized spacial score (nSPS) is 14.4. The topological polar surface area (TPSA) is 52.0 Å². The first-order valence-electron chi connectivity index (χ1n) is 13.1. The van der Waals surface area contributed by atoms with Gasteiger partial charge in [-0.1, -0.05) is 135 Å². The summed E-state index contributed by atoms with van der Waals surface area (Å²) < 4.78 is 0. The highest BCUT2D eigenvalue weighted by atomic mass is 14.6. The standard InChI is InChI=1S/2C17H21N/c2*1-13(14(2)18)17(15-9-5-3-6-10-15)16-11-7-4-8-12-16/h2*3-14,17H,18H2,1-2H3/t2*13-,14+/m10/s1. The molecular formula is C34H42N2. The van der Waals surface area contributed by atoms with Crippen molar-refractivity contribution in [2.45, 2.75) is 51.6 Å². The monoisotopic (exact) mass is 478 g/mol. The predicted octanol–water partition coefficient (Wildman–Crippen LogP) is 7.60. The zero-order chi connectivity index (χ0) is 25.9. The molecule has 0 fully saturated rings. The fourth-order valence-electron chi connectivity index (χ4n) is 4.85. The van der Waals surface area contributed by atoms with Gasteiger partial charge in [-0.25, -0.2) is 0 Å². The maximum absolute atomic E-state index is 6.11.